The standard InChI is InChI=1S/C11H11F3N2O/c12-11(13,14)7-16-6-10(17)9-3-1-8(5-15)2-4-9/h1-4,10,16-17H,6-7H2. The maximum absolute atomic E-state index is 11.8. The zero-order chi connectivity index (χ0) is 12.9. The number of nitrogens with one attached hydrogen (secondary N) is 1. The van der Waals surface area contributed by atoms with Gasteiger partial charge in [-0.25, -0.2) is 0 Å². The summed E-state index contributed by atoms with van der Waals surface area (Å²) in [6.45, 7) is -1.33. The quantitative estimate of drug-likeness (QED) is 0.848. The van der Waals surface area contributed by atoms with Crippen LogP contribution in [0.25, 0.3) is 0 Å². The Balaban J connectivity index is 2.47. The van der Waals surface area contributed by atoms with E-state index in [2.05, 4.69) is 5.32 Å². The second kappa shape index (κ2) is 5.66. The molecule has 0 fully saturated rings. The summed E-state index contributed by atoms with van der Waals surface area (Å²) in [5.41, 5.74) is 0.905. The third-order valence-electron chi connectivity index (χ3n) is 2.09. The van der Waals surface area contributed by atoms with Gasteiger partial charge in [-0.2, -0.15) is 18.4 Å². The van der Waals surface area contributed by atoms with E-state index < -0.39 is 18.8 Å². The summed E-state index contributed by atoms with van der Waals surface area (Å²) < 4.78 is 35.5. The molecule has 6 heteroatoms. The van der Waals surface area contributed by atoms with Crippen molar-refractivity contribution in [2.24, 2.45) is 0 Å². The van der Waals surface area contributed by atoms with Crippen LogP contribution in [-0.4, -0.2) is 24.4 Å². The molecule has 17 heavy (non-hydrogen) atoms. The Morgan fingerprint density at radius 2 is 1.88 bits per heavy atom. The van der Waals surface area contributed by atoms with Crippen LogP contribution in [0.4, 0.5) is 13.2 Å². The molecule has 0 saturated carbocycles. The van der Waals surface area contributed by atoms with Gasteiger partial charge in [0, 0.05) is 6.54 Å². The van der Waals surface area contributed by atoms with Gasteiger partial charge in [0.15, 0.2) is 0 Å². The highest BCUT2D eigenvalue weighted by molar-refractivity contribution is 5.32. The van der Waals surface area contributed by atoms with E-state index in [1.165, 1.54) is 24.3 Å². The van der Waals surface area contributed by atoms with Crippen molar-refractivity contribution in [3.05, 3.63) is 35.4 Å². The first-order valence-corrected chi connectivity index (χ1v) is 4.88. The Kier molecular flexibility index (Phi) is 4.49. The summed E-state index contributed by atoms with van der Waals surface area (Å²) in [6, 6.07) is 7.94. The monoisotopic (exact) mass is 244 g/mol. The van der Waals surface area contributed by atoms with E-state index in [4.69, 9.17) is 5.26 Å². The van der Waals surface area contributed by atoms with Gasteiger partial charge < -0.3 is 10.4 Å². The number of halogens is 3. The normalized spacial score (nSPS) is 13.1. The van der Waals surface area contributed by atoms with E-state index in [9.17, 15) is 18.3 Å². The molecule has 1 aromatic carbocycles. The maximum atomic E-state index is 11.8. The third kappa shape index (κ3) is 4.85. The van der Waals surface area contributed by atoms with Crippen LogP contribution in [0.1, 0.15) is 17.2 Å². The van der Waals surface area contributed by atoms with E-state index in [0.717, 1.165) is 0 Å². The fourth-order valence-corrected chi connectivity index (χ4v) is 1.25. The topological polar surface area (TPSA) is 56.0 Å². The number of nitriles is 1. The number of rotatable bonds is 4. The van der Waals surface area contributed by atoms with E-state index in [-0.39, 0.29) is 6.54 Å². The first-order chi connectivity index (χ1) is 7.92. The number of hydrogen-bond donors (Lipinski definition) is 2. The van der Waals surface area contributed by atoms with Crippen LogP contribution in [0.5, 0.6) is 0 Å². The van der Waals surface area contributed by atoms with Gasteiger partial charge in [0.25, 0.3) is 0 Å². The number of nitrogens with zero attached hydrogens (tertiary/aromatic N) is 1. The van der Waals surface area contributed by atoms with Gasteiger partial charge in [0.1, 0.15) is 0 Å². The lowest BCUT2D eigenvalue weighted by Crippen LogP contribution is -2.31. The molecule has 0 heterocycles. The fourth-order valence-electron chi connectivity index (χ4n) is 1.25. The molecular formula is C11H11F3N2O. The van der Waals surface area contributed by atoms with Crippen LogP contribution in [0.2, 0.25) is 0 Å². The number of hydrogen-bond acceptors (Lipinski definition) is 3. The minimum absolute atomic E-state index is 0.189. The first kappa shape index (κ1) is 13.5. The second-order valence-electron chi connectivity index (χ2n) is 3.50. The van der Waals surface area contributed by atoms with E-state index >= 15 is 0 Å². The van der Waals surface area contributed by atoms with Crippen molar-refractivity contribution < 1.29 is 18.3 Å². The number of alkyl halides is 3. The molecule has 2 N–H and O–H groups in total. The molecule has 1 unspecified atom stereocenters. The summed E-state index contributed by atoms with van der Waals surface area (Å²) >= 11 is 0. The Hall–Kier alpha value is -1.58. The molecule has 92 valence electrons. The average molecular weight is 244 g/mol. The zero-order valence-corrected chi connectivity index (χ0v) is 8.83. The first-order valence-electron chi connectivity index (χ1n) is 4.88. The van der Waals surface area contributed by atoms with Crippen LogP contribution in [-0.2, 0) is 0 Å². The molecular weight excluding hydrogens is 233 g/mol. The van der Waals surface area contributed by atoms with Gasteiger partial charge in [-0.05, 0) is 17.7 Å². The SMILES string of the molecule is N#Cc1ccc(C(O)CNCC(F)(F)F)cc1. The molecule has 0 amide bonds. The molecule has 3 nitrogen and oxygen atoms in total. The molecule has 0 aliphatic rings. The fraction of sp³-hybridized carbons (Fsp3) is 0.364. The van der Waals surface area contributed by atoms with Crippen molar-refractivity contribution in [2.75, 3.05) is 13.1 Å². The van der Waals surface area contributed by atoms with Crippen molar-refractivity contribution in [3.8, 4) is 6.07 Å². The molecule has 0 aliphatic heterocycles. The smallest absolute Gasteiger partial charge is 0.387 e. The molecule has 0 spiro atoms. The van der Waals surface area contributed by atoms with Crippen LogP contribution >= 0.6 is 0 Å². The summed E-state index contributed by atoms with van der Waals surface area (Å²) in [6.07, 6.45) is -5.31. The van der Waals surface area contributed by atoms with Crippen molar-refractivity contribution in [3.63, 3.8) is 0 Å². The average Bonchev–Trinajstić information content (AvgIpc) is 2.27. The largest absolute Gasteiger partial charge is 0.401 e. The molecule has 1 aromatic rings. The number of aliphatic hydroxyl groups is 1. The maximum Gasteiger partial charge on any atom is 0.401 e. The second-order valence-corrected chi connectivity index (χ2v) is 3.50. The lowest BCUT2D eigenvalue weighted by Gasteiger charge is -2.13. The van der Waals surface area contributed by atoms with Crippen LogP contribution in [0.3, 0.4) is 0 Å². The van der Waals surface area contributed by atoms with Crippen molar-refractivity contribution >= 4 is 0 Å². The van der Waals surface area contributed by atoms with E-state index in [0.29, 0.717) is 11.1 Å². The van der Waals surface area contributed by atoms with Crippen molar-refractivity contribution in [1.29, 1.82) is 5.26 Å². The van der Waals surface area contributed by atoms with Gasteiger partial charge in [0.2, 0.25) is 0 Å². The molecule has 0 saturated heterocycles. The number of aliphatic hydroxyl groups excluding tert-OH is 1. The van der Waals surface area contributed by atoms with Gasteiger partial charge in [-0.3, -0.25) is 0 Å². The predicted octanol–water partition coefficient (Wildman–Crippen LogP) is 1.74. The van der Waals surface area contributed by atoms with Crippen molar-refractivity contribution in [2.45, 2.75) is 12.3 Å². The molecule has 0 aliphatic carbocycles. The van der Waals surface area contributed by atoms with Crippen molar-refractivity contribution in [1.82, 2.24) is 5.32 Å². The Bertz CT molecular complexity index is 395. The van der Waals surface area contributed by atoms with E-state index in [1.807, 2.05) is 6.07 Å². The van der Waals surface area contributed by atoms with Crippen LogP contribution in [0.15, 0.2) is 24.3 Å². The minimum atomic E-state index is -4.29. The van der Waals surface area contributed by atoms with E-state index in [1.54, 1.807) is 0 Å². The minimum Gasteiger partial charge on any atom is -0.387 e. The molecule has 1 atom stereocenters. The zero-order valence-electron chi connectivity index (χ0n) is 8.83. The Morgan fingerprint density at radius 1 is 1.29 bits per heavy atom. The summed E-state index contributed by atoms with van der Waals surface area (Å²) in [4.78, 5) is 0. The predicted molar refractivity (Wildman–Crippen MR) is 55.0 cm³/mol. The number of benzene rings is 1. The Morgan fingerprint density at radius 3 is 2.35 bits per heavy atom. The molecule has 0 aromatic heterocycles. The highest BCUT2D eigenvalue weighted by Gasteiger charge is 2.26. The van der Waals surface area contributed by atoms with Gasteiger partial charge in [-0.15, -0.1) is 0 Å². The third-order valence-corrected chi connectivity index (χ3v) is 2.09. The highest BCUT2D eigenvalue weighted by Crippen LogP contribution is 2.15. The Labute approximate surface area is 96.5 Å². The summed E-state index contributed by atoms with van der Waals surface area (Å²) in [7, 11) is 0. The molecule has 1 rings (SSSR count). The van der Waals surface area contributed by atoms with Gasteiger partial charge >= 0.3 is 6.18 Å². The lowest BCUT2D eigenvalue weighted by atomic mass is 10.1. The van der Waals surface area contributed by atoms with Gasteiger partial charge in [-0.1, -0.05) is 12.1 Å². The lowest BCUT2D eigenvalue weighted by molar-refractivity contribution is -0.125. The molecule has 0 bridgehead atoms. The van der Waals surface area contributed by atoms with Gasteiger partial charge in [0.05, 0.1) is 24.3 Å². The highest BCUT2D eigenvalue weighted by atomic mass is 19.4. The van der Waals surface area contributed by atoms with Crippen LogP contribution < -0.4 is 5.32 Å². The summed E-state index contributed by atoms with van der Waals surface area (Å²) in [5.74, 6) is 0. The molecule has 0 radical (unpaired) electrons. The van der Waals surface area contributed by atoms with Crippen LogP contribution in [0, 0.1) is 11.3 Å². The summed E-state index contributed by atoms with van der Waals surface area (Å²) in [5, 5.41) is 20.2.